The maximum atomic E-state index is 12.4. The molecule has 2 rings (SSSR count). The van der Waals surface area contributed by atoms with E-state index >= 15 is 0 Å². The van der Waals surface area contributed by atoms with Crippen LogP contribution in [-0.2, 0) is 19.1 Å². The van der Waals surface area contributed by atoms with Gasteiger partial charge < -0.3 is 4.74 Å². The van der Waals surface area contributed by atoms with Crippen LogP contribution in [0.2, 0.25) is 0 Å². The number of imide groups is 1. The van der Waals surface area contributed by atoms with Gasteiger partial charge in [-0.2, -0.15) is 0 Å². The van der Waals surface area contributed by atoms with Crippen molar-refractivity contribution in [2.75, 3.05) is 7.11 Å². The second-order valence-corrected chi connectivity index (χ2v) is 6.43. The molecule has 20 heavy (non-hydrogen) atoms. The van der Waals surface area contributed by atoms with Gasteiger partial charge in [-0.15, -0.1) is 0 Å². The van der Waals surface area contributed by atoms with E-state index in [9.17, 15) is 14.4 Å². The highest BCUT2D eigenvalue weighted by Gasteiger charge is 2.49. The number of ether oxygens (including phenoxy) is 1. The SMILES string of the molecule is COC(=O)C(C(C)C)N1C(=O)CC2(CCCC2)CC1=O. The van der Waals surface area contributed by atoms with Crippen LogP contribution in [0.4, 0.5) is 0 Å². The Labute approximate surface area is 119 Å². The zero-order chi connectivity index (χ0) is 14.9. The molecule has 1 saturated carbocycles. The summed E-state index contributed by atoms with van der Waals surface area (Å²) in [6.45, 7) is 3.64. The molecule has 1 aliphatic carbocycles. The first kappa shape index (κ1) is 15.0. The quantitative estimate of drug-likeness (QED) is 0.585. The standard InChI is InChI=1S/C15H23NO4/c1-10(2)13(14(19)20-3)16-11(17)8-15(9-12(16)18)6-4-5-7-15/h10,13H,4-9H2,1-3H3. The van der Waals surface area contributed by atoms with Crippen LogP contribution in [0.25, 0.3) is 0 Å². The molecule has 1 atom stereocenters. The largest absolute Gasteiger partial charge is 0.467 e. The monoisotopic (exact) mass is 281 g/mol. The van der Waals surface area contributed by atoms with Crippen molar-refractivity contribution in [3.8, 4) is 0 Å². The van der Waals surface area contributed by atoms with Crippen molar-refractivity contribution >= 4 is 17.8 Å². The molecule has 0 bridgehead atoms. The number of carbonyl (C=O) groups is 3. The van der Waals surface area contributed by atoms with Gasteiger partial charge in [-0.1, -0.05) is 26.7 Å². The molecule has 5 nitrogen and oxygen atoms in total. The number of esters is 1. The summed E-state index contributed by atoms with van der Waals surface area (Å²) >= 11 is 0. The van der Waals surface area contributed by atoms with Crippen LogP contribution in [0.15, 0.2) is 0 Å². The van der Waals surface area contributed by atoms with Crippen molar-refractivity contribution in [2.24, 2.45) is 11.3 Å². The van der Waals surface area contributed by atoms with E-state index < -0.39 is 12.0 Å². The van der Waals surface area contributed by atoms with E-state index in [1.807, 2.05) is 13.8 Å². The van der Waals surface area contributed by atoms with E-state index in [4.69, 9.17) is 4.74 Å². The number of carbonyl (C=O) groups excluding carboxylic acids is 3. The first-order chi connectivity index (χ1) is 9.40. The van der Waals surface area contributed by atoms with Crippen molar-refractivity contribution in [3.05, 3.63) is 0 Å². The average molecular weight is 281 g/mol. The number of methoxy groups -OCH3 is 1. The molecule has 2 aliphatic rings. The van der Waals surface area contributed by atoms with Gasteiger partial charge in [0.25, 0.3) is 0 Å². The number of likely N-dealkylation sites (tertiary alicyclic amines) is 1. The lowest BCUT2D eigenvalue weighted by molar-refractivity contribution is -0.167. The number of rotatable bonds is 3. The summed E-state index contributed by atoms with van der Waals surface area (Å²) < 4.78 is 4.76. The van der Waals surface area contributed by atoms with Crippen LogP contribution in [0.5, 0.6) is 0 Å². The topological polar surface area (TPSA) is 63.7 Å². The predicted octanol–water partition coefficient (Wildman–Crippen LogP) is 1.89. The van der Waals surface area contributed by atoms with E-state index in [1.54, 1.807) is 0 Å². The van der Waals surface area contributed by atoms with Gasteiger partial charge in [0, 0.05) is 12.8 Å². The highest BCUT2D eigenvalue weighted by Crippen LogP contribution is 2.47. The third-order valence-electron chi connectivity index (χ3n) is 4.61. The van der Waals surface area contributed by atoms with Gasteiger partial charge >= 0.3 is 5.97 Å². The van der Waals surface area contributed by atoms with Crippen LogP contribution >= 0.6 is 0 Å². The molecular formula is C15H23NO4. The number of piperidine rings is 1. The maximum absolute atomic E-state index is 12.4. The Morgan fingerprint density at radius 3 is 2.05 bits per heavy atom. The summed E-state index contributed by atoms with van der Waals surface area (Å²) in [4.78, 5) is 37.9. The van der Waals surface area contributed by atoms with E-state index in [1.165, 1.54) is 7.11 Å². The molecule has 0 aromatic heterocycles. The zero-order valence-electron chi connectivity index (χ0n) is 12.5. The molecule has 0 aromatic rings. The Morgan fingerprint density at radius 1 is 1.15 bits per heavy atom. The van der Waals surface area contributed by atoms with E-state index in [0.29, 0.717) is 12.8 Å². The fourth-order valence-corrected chi connectivity index (χ4v) is 3.60. The Hall–Kier alpha value is -1.39. The summed E-state index contributed by atoms with van der Waals surface area (Å²) in [7, 11) is 1.29. The summed E-state index contributed by atoms with van der Waals surface area (Å²) in [5.74, 6) is -1.09. The van der Waals surface area contributed by atoms with E-state index in [2.05, 4.69) is 0 Å². The van der Waals surface area contributed by atoms with Gasteiger partial charge in [-0.05, 0) is 24.2 Å². The first-order valence-electron chi connectivity index (χ1n) is 7.33. The molecule has 0 N–H and O–H groups in total. The van der Waals surface area contributed by atoms with Gasteiger partial charge in [0.05, 0.1) is 7.11 Å². The Kier molecular flexibility index (Phi) is 4.16. The van der Waals surface area contributed by atoms with Crippen LogP contribution in [0.3, 0.4) is 0 Å². The normalized spacial score (nSPS) is 23.5. The smallest absolute Gasteiger partial charge is 0.329 e. The second kappa shape index (κ2) is 5.54. The van der Waals surface area contributed by atoms with Crippen molar-refractivity contribution in [3.63, 3.8) is 0 Å². The van der Waals surface area contributed by atoms with Crippen LogP contribution in [0.1, 0.15) is 52.4 Å². The molecule has 0 aromatic carbocycles. The molecule has 1 heterocycles. The lowest BCUT2D eigenvalue weighted by Gasteiger charge is -2.40. The van der Waals surface area contributed by atoms with E-state index in [0.717, 1.165) is 30.6 Å². The van der Waals surface area contributed by atoms with Crippen LogP contribution in [0, 0.1) is 11.3 Å². The van der Waals surface area contributed by atoms with Gasteiger partial charge in [-0.25, -0.2) is 4.79 Å². The van der Waals surface area contributed by atoms with Gasteiger partial charge in [-0.3, -0.25) is 14.5 Å². The van der Waals surface area contributed by atoms with Gasteiger partial charge in [0.1, 0.15) is 6.04 Å². The first-order valence-corrected chi connectivity index (χ1v) is 7.33. The minimum absolute atomic E-state index is 0.137. The summed E-state index contributed by atoms with van der Waals surface area (Å²) in [5, 5.41) is 0. The number of hydrogen-bond donors (Lipinski definition) is 0. The summed E-state index contributed by atoms with van der Waals surface area (Å²) in [5.41, 5.74) is -0.137. The molecule has 1 saturated heterocycles. The fraction of sp³-hybridized carbons (Fsp3) is 0.800. The third kappa shape index (κ3) is 2.58. The minimum atomic E-state index is -0.793. The molecule has 2 amide bonds. The summed E-state index contributed by atoms with van der Waals surface area (Å²) in [6, 6.07) is -0.793. The van der Waals surface area contributed by atoms with Gasteiger partial charge in [0.2, 0.25) is 11.8 Å². The second-order valence-electron chi connectivity index (χ2n) is 6.43. The molecular weight excluding hydrogens is 258 g/mol. The third-order valence-corrected chi connectivity index (χ3v) is 4.61. The Balaban J connectivity index is 2.22. The van der Waals surface area contributed by atoms with Crippen molar-refractivity contribution in [1.82, 2.24) is 4.90 Å². The summed E-state index contributed by atoms with van der Waals surface area (Å²) in [6.07, 6.45) is 4.85. The van der Waals surface area contributed by atoms with Crippen molar-refractivity contribution < 1.29 is 19.1 Å². The molecule has 5 heteroatoms. The lowest BCUT2D eigenvalue weighted by atomic mass is 9.75. The molecule has 2 fully saturated rings. The van der Waals surface area contributed by atoms with E-state index in [-0.39, 0.29) is 23.1 Å². The highest BCUT2D eigenvalue weighted by atomic mass is 16.5. The Bertz CT molecular complexity index is 404. The van der Waals surface area contributed by atoms with Crippen molar-refractivity contribution in [1.29, 1.82) is 0 Å². The predicted molar refractivity (Wildman–Crippen MR) is 72.6 cm³/mol. The zero-order valence-corrected chi connectivity index (χ0v) is 12.5. The lowest BCUT2D eigenvalue weighted by Crippen LogP contribution is -2.56. The molecule has 112 valence electrons. The highest BCUT2D eigenvalue weighted by molar-refractivity contribution is 6.02. The number of amides is 2. The molecule has 1 aliphatic heterocycles. The number of hydrogen-bond acceptors (Lipinski definition) is 4. The maximum Gasteiger partial charge on any atom is 0.329 e. The van der Waals surface area contributed by atoms with Crippen molar-refractivity contribution in [2.45, 2.75) is 58.4 Å². The molecule has 1 unspecified atom stereocenters. The average Bonchev–Trinajstić information content (AvgIpc) is 2.80. The number of nitrogens with zero attached hydrogens (tertiary/aromatic N) is 1. The van der Waals surface area contributed by atoms with Crippen LogP contribution < -0.4 is 0 Å². The van der Waals surface area contributed by atoms with Crippen LogP contribution in [-0.4, -0.2) is 35.8 Å². The molecule has 0 radical (unpaired) electrons. The Morgan fingerprint density at radius 2 is 1.65 bits per heavy atom. The molecule has 1 spiro atoms. The minimum Gasteiger partial charge on any atom is -0.467 e. The van der Waals surface area contributed by atoms with Gasteiger partial charge in [0.15, 0.2) is 0 Å². The fourth-order valence-electron chi connectivity index (χ4n) is 3.60.